The Hall–Kier alpha value is -1.84. The first-order valence-electron chi connectivity index (χ1n) is 5.80. The maximum atomic E-state index is 13.9. The van der Waals surface area contributed by atoms with Gasteiger partial charge in [0.25, 0.3) is 10.0 Å². The lowest BCUT2D eigenvalue weighted by Crippen LogP contribution is -2.34. The highest BCUT2D eigenvalue weighted by atomic mass is 35.5. The number of nitrogens with zero attached hydrogens (tertiary/aromatic N) is 3. The van der Waals surface area contributed by atoms with Crippen LogP contribution in [-0.2, 0) is 14.8 Å². The normalized spacial score (nSPS) is 11.5. The highest BCUT2D eigenvalue weighted by Crippen LogP contribution is 2.27. The second-order valence-electron chi connectivity index (χ2n) is 4.04. The van der Waals surface area contributed by atoms with E-state index in [0.29, 0.717) is 16.4 Å². The van der Waals surface area contributed by atoms with Gasteiger partial charge < -0.3 is 4.74 Å². The molecule has 118 valence electrons. The zero-order valence-corrected chi connectivity index (χ0v) is 12.8. The third-order valence-corrected chi connectivity index (χ3v) is 4.64. The standard InChI is InChI=1S/C12H10ClF2N3O3S/c1-21-7-18(12-2-3-16-6-17-12)22(19,20)11-4-8(13)9(14)5-10(11)15/h2-6H,7H2,1H3. The average molecular weight is 350 g/mol. The van der Waals surface area contributed by atoms with Crippen LogP contribution in [0, 0.1) is 11.6 Å². The van der Waals surface area contributed by atoms with Gasteiger partial charge in [0.1, 0.15) is 35.4 Å². The topological polar surface area (TPSA) is 72.4 Å². The molecule has 0 aliphatic rings. The van der Waals surface area contributed by atoms with Crippen molar-refractivity contribution in [1.82, 2.24) is 9.97 Å². The monoisotopic (exact) mass is 349 g/mol. The van der Waals surface area contributed by atoms with Crippen LogP contribution in [-0.4, -0.2) is 32.2 Å². The number of anilines is 1. The Morgan fingerprint density at radius 3 is 2.64 bits per heavy atom. The first-order chi connectivity index (χ1) is 10.4. The van der Waals surface area contributed by atoms with Crippen molar-refractivity contribution in [3.8, 4) is 0 Å². The fourth-order valence-corrected chi connectivity index (χ4v) is 3.26. The molecule has 22 heavy (non-hydrogen) atoms. The Kier molecular flexibility index (Phi) is 4.89. The van der Waals surface area contributed by atoms with Crippen LogP contribution >= 0.6 is 11.6 Å². The minimum Gasteiger partial charge on any atom is -0.363 e. The molecule has 0 saturated heterocycles. The predicted molar refractivity (Wildman–Crippen MR) is 74.9 cm³/mol. The molecule has 0 bridgehead atoms. The van der Waals surface area contributed by atoms with Gasteiger partial charge in [-0.1, -0.05) is 11.6 Å². The molecule has 0 aliphatic carbocycles. The third kappa shape index (κ3) is 3.16. The van der Waals surface area contributed by atoms with E-state index < -0.39 is 38.3 Å². The Bertz CT molecular complexity index is 775. The van der Waals surface area contributed by atoms with Crippen molar-refractivity contribution in [2.75, 3.05) is 18.1 Å². The summed E-state index contributed by atoms with van der Waals surface area (Å²) in [4.78, 5) is 6.67. The first-order valence-corrected chi connectivity index (χ1v) is 7.62. The smallest absolute Gasteiger partial charge is 0.270 e. The molecule has 0 aliphatic heterocycles. The van der Waals surface area contributed by atoms with Crippen molar-refractivity contribution >= 4 is 27.4 Å². The highest BCUT2D eigenvalue weighted by Gasteiger charge is 2.30. The van der Waals surface area contributed by atoms with Crippen molar-refractivity contribution in [1.29, 1.82) is 0 Å². The van der Waals surface area contributed by atoms with E-state index in [2.05, 4.69) is 9.97 Å². The molecular formula is C12H10ClF2N3O3S. The number of hydrogen-bond donors (Lipinski definition) is 0. The molecule has 0 spiro atoms. The lowest BCUT2D eigenvalue weighted by Gasteiger charge is -2.22. The highest BCUT2D eigenvalue weighted by molar-refractivity contribution is 7.92. The third-order valence-electron chi connectivity index (χ3n) is 2.61. The van der Waals surface area contributed by atoms with E-state index in [-0.39, 0.29) is 5.82 Å². The molecule has 1 aromatic heterocycles. The predicted octanol–water partition coefficient (Wildman–Crippen LogP) is 2.21. The summed E-state index contributed by atoms with van der Waals surface area (Å²) in [5.41, 5.74) is 0. The summed E-state index contributed by atoms with van der Waals surface area (Å²) in [7, 11) is -3.13. The maximum absolute atomic E-state index is 13.9. The van der Waals surface area contributed by atoms with Crippen molar-refractivity contribution < 1.29 is 21.9 Å². The quantitative estimate of drug-likeness (QED) is 0.611. The summed E-state index contributed by atoms with van der Waals surface area (Å²) in [6.07, 6.45) is 2.44. The first kappa shape index (κ1) is 16.5. The fourth-order valence-electron chi connectivity index (χ4n) is 1.63. The van der Waals surface area contributed by atoms with Crippen LogP contribution in [0.4, 0.5) is 14.6 Å². The number of ether oxygens (including phenoxy) is 1. The summed E-state index contributed by atoms with van der Waals surface area (Å²) >= 11 is 5.54. The van der Waals surface area contributed by atoms with Gasteiger partial charge in [0.05, 0.1) is 5.02 Å². The molecule has 0 unspecified atom stereocenters. The van der Waals surface area contributed by atoms with Gasteiger partial charge in [-0.3, -0.25) is 0 Å². The van der Waals surface area contributed by atoms with Gasteiger partial charge in [0.2, 0.25) is 0 Å². The Labute approximate surface area is 130 Å². The van der Waals surface area contributed by atoms with Crippen LogP contribution in [0.3, 0.4) is 0 Å². The fraction of sp³-hybridized carbons (Fsp3) is 0.167. The van der Waals surface area contributed by atoms with E-state index in [4.69, 9.17) is 16.3 Å². The Balaban J connectivity index is 2.58. The average Bonchev–Trinajstić information content (AvgIpc) is 2.49. The molecule has 1 heterocycles. The lowest BCUT2D eigenvalue weighted by molar-refractivity contribution is 0.209. The van der Waals surface area contributed by atoms with E-state index in [1.807, 2.05) is 0 Å². The van der Waals surface area contributed by atoms with Crippen LogP contribution in [0.1, 0.15) is 0 Å². The largest absolute Gasteiger partial charge is 0.363 e. The summed E-state index contributed by atoms with van der Waals surface area (Å²) in [6, 6.07) is 2.41. The zero-order chi connectivity index (χ0) is 16.3. The molecule has 0 N–H and O–H groups in total. The maximum Gasteiger partial charge on any atom is 0.270 e. The molecule has 0 amide bonds. The van der Waals surface area contributed by atoms with Gasteiger partial charge in [-0.05, 0) is 6.07 Å². The SMILES string of the molecule is COCN(c1ccncn1)S(=O)(=O)c1cc(Cl)c(F)cc1F. The van der Waals surface area contributed by atoms with E-state index in [1.165, 1.54) is 19.4 Å². The molecular weight excluding hydrogens is 340 g/mol. The van der Waals surface area contributed by atoms with Gasteiger partial charge >= 0.3 is 0 Å². The van der Waals surface area contributed by atoms with Crippen molar-refractivity contribution in [3.63, 3.8) is 0 Å². The molecule has 2 rings (SSSR count). The number of sulfonamides is 1. The van der Waals surface area contributed by atoms with Gasteiger partial charge in [-0.2, -0.15) is 0 Å². The van der Waals surface area contributed by atoms with E-state index in [1.54, 1.807) is 0 Å². The molecule has 2 aromatic rings. The molecule has 0 saturated carbocycles. The molecule has 0 atom stereocenters. The van der Waals surface area contributed by atoms with Crippen LogP contribution in [0.2, 0.25) is 5.02 Å². The lowest BCUT2D eigenvalue weighted by atomic mass is 10.3. The van der Waals surface area contributed by atoms with Crippen molar-refractivity contribution in [2.24, 2.45) is 0 Å². The second kappa shape index (κ2) is 6.51. The summed E-state index contributed by atoms with van der Waals surface area (Å²) in [5.74, 6) is -2.35. The van der Waals surface area contributed by atoms with Crippen LogP contribution < -0.4 is 4.31 Å². The van der Waals surface area contributed by atoms with Gasteiger partial charge in [0.15, 0.2) is 0 Å². The molecule has 0 fully saturated rings. The molecule has 10 heteroatoms. The molecule has 6 nitrogen and oxygen atoms in total. The number of hydrogen-bond acceptors (Lipinski definition) is 5. The van der Waals surface area contributed by atoms with E-state index >= 15 is 0 Å². The minimum absolute atomic E-state index is 0.0308. The van der Waals surface area contributed by atoms with Crippen molar-refractivity contribution in [3.05, 3.63) is 47.4 Å². The summed E-state index contributed by atoms with van der Waals surface area (Å²) in [5, 5.41) is -0.514. The number of methoxy groups -OCH3 is 1. The summed E-state index contributed by atoms with van der Waals surface area (Å²) < 4.78 is 57.7. The van der Waals surface area contributed by atoms with Crippen LogP contribution in [0.5, 0.6) is 0 Å². The van der Waals surface area contributed by atoms with Gasteiger partial charge in [-0.25, -0.2) is 31.5 Å². The number of rotatable bonds is 5. The number of aromatic nitrogens is 2. The van der Waals surface area contributed by atoms with Gasteiger partial charge in [0, 0.05) is 25.4 Å². The molecule has 1 aromatic carbocycles. The van der Waals surface area contributed by atoms with E-state index in [0.717, 1.165) is 6.33 Å². The second-order valence-corrected chi connectivity index (χ2v) is 6.27. The minimum atomic E-state index is -4.39. The van der Waals surface area contributed by atoms with E-state index in [9.17, 15) is 17.2 Å². The van der Waals surface area contributed by atoms with Crippen LogP contribution in [0.15, 0.2) is 35.6 Å². The number of benzene rings is 1. The molecule has 0 radical (unpaired) electrons. The Morgan fingerprint density at radius 1 is 1.32 bits per heavy atom. The summed E-state index contributed by atoms with van der Waals surface area (Å²) in [6.45, 7) is -0.423. The van der Waals surface area contributed by atoms with Crippen LogP contribution in [0.25, 0.3) is 0 Å². The van der Waals surface area contributed by atoms with Gasteiger partial charge in [-0.15, -0.1) is 0 Å². The number of halogens is 3. The zero-order valence-electron chi connectivity index (χ0n) is 11.2. The Morgan fingerprint density at radius 2 is 2.05 bits per heavy atom. The van der Waals surface area contributed by atoms with Crippen molar-refractivity contribution in [2.45, 2.75) is 4.90 Å².